The summed E-state index contributed by atoms with van der Waals surface area (Å²) in [5, 5.41) is 0. The summed E-state index contributed by atoms with van der Waals surface area (Å²) in [5.74, 6) is 0.803. The summed E-state index contributed by atoms with van der Waals surface area (Å²) in [7, 11) is -1.62. The van der Waals surface area contributed by atoms with Crippen LogP contribution in [0.3, 0.4) is 0 Å². The largest absolute Gasteiger partial charge is 0.520 e. The molecule has 108 valence electrons. The summed E-state index contributed by atoms with van der Waals surface area (Å²) < 4.78 is 12.2. The molecule has 0 aliphatic carbocycles. The van der Waals surface area contributed by atoms with Crippen LogP contribution in [-0.2, 0) is 9.16 Å². The molecule has 0 radical (unpaired) electrons. The van der Waals surface area contributed by atoms with Gasteiger partial charge >= 0.3 is 0 Å². The molecule has 0 rings (SSSR count). The summed E-state index contributed by atoms with van der Waals surface area (Å²) in [5.41, 5.74) is 1.14. The zero-order valence-electron chi connectivity index (χ0n) is 13.6. The molecule has 0 fully saturated rings. The van der Waals surface area contributed by atoms with Crippen molar-refractivity contribution in [3.63, 3.8) is 0 Å². The quantitative estimate of drug-likeness (QED) is 0.452. The number of hydrogen-bond donors (Lipinski definition) is 0. The van der Waals surface area contributed by atoms with E-state index in [1.807, 2.05) is 0 Å². The highest BCUT2D eigenvalue weighted by Crippen LogP contribution is 2.26. The summed E-state index contributed by atoms with van der Waals surface area (Å²) in [4.78, 5) is 0. The Hall–Kier alpha value is -0.443. The van der Waals surface area contributed by atoms with Crippen LogP contribution >= 0.6 is 0 Å². The van der Waals surface area contributed by atoms with Crippen molar-refractivity contribution < 1.29 is 9.16 Å². The second-order valence-electron chi connectivity index (χ2n) is 6.78. The summed E-state index contributed by atoms with van der Waals surface area (Å²) >= 11 is 0. The monoisotopic (exact) mass is 272 g/mol. The molecular formula is C15H32O2Si. The Balaban J connectivity index is 5.06. The fourth-order valence-corrected chi connectivity index (χ4v) is 2.28. The lowest BCUT2D eigenvalue weighted by molar-refractivity contribution is -0.0120. The first-order chi connectivity index (χ1) is 8.09. The van der Waals surface area contributed by atoms with Crippen molar-refractivity contribution in [3.8, 4) is 0 Å². The normalized spacial score (nSPS) is 14.2. The molecule has 0 spiro atoms. The molecule has 0 N–H and O–H groups in total. The molecule has 0 aromatic rings. The zero-order chi connectivity index (χ0) is 14.4. The van der Waals surface area contributed by atoms with Gasteiger partial charge in [0.25, 0.3) is 5.95 Å². The van der Waals surface area contributed by atoms with E-state index in [-0.39, 0.29) is 5.60 Å². The smallest absolute Gasteiger partial charge is 0.264 e. The van der Waals surface area contributed by atoms with E-state index in [1.165, 1.54) is 18.4 Å². The van der Waals surface area contributed by atoms with Gasteiger partial charge < -0.3 is 9.16 Å². The highest BCUT2D eigenvalue weighted by Gasteiger charge is 2.24. The van der Waals surface area contributed by atoms with E-state index in [0.717, 1.165) is 18.8 Å². The molecule has 0 aliphatic heterocycles. The minimum atomic E-state index is -1.62. The van der Waals surface area contributed by atoms with Gasteiger partial charge in [-0.15, -0.1) is 0 Å². The number of hydrogen-bond acceptors (Lipinski definition) is 2. The van der Waals surface area contributed by atoms with Crippen LogP contribution in [0.15, 0.2) is 11.5 Å². The van der Waals surface area contributed by atoms with Crippen LogP contribution in [-0.4, -0.2) is 13.9 Å². The van der Waals surface area contributed by atoms with Gasteiger partial charge in [-0.3, -0.25) is 0 Å². The number of ether oxygens (including phenoxy) is 1. The summed E-state index contributed by atoms with van der Waals surface area (Å²) in [6, 6.07) is 0. The van der Waals surface area contributed by atoms with Crippen molar-refractivity contribution >= 4 is 8.32 Å². The molecule has 0 aromatic heterocycles. The van der Waals surface area contributed by atoms with E-state index in [9.17, 15) is 0 Å². The van der Waals surface area contributed by atoms with E-state index in [2.05, 4.69) is 54.3 Å². The molecule has 0 atom stereocenters. The van der Waals surface area contributed by atoms with Crippen LogP contribution in [0.25, 0.3) is 0 Å². The van der Waals surface area contributed by atoms with E-state index in [4.69, 9.17) is 9.16 Å². The third-order valence-corrected chi connectivity index (χ3v) is 3.14. The van der Waals surface area contributed by atoms with Crippen LogP contribution in [0.4, 0.5) is 0 Å². The Kier molecular flexibility index (Phi) is 7.04. The van der Waals surface area contributed by atoms with Crippen molar-refractivity contribution in [1.82, 2.24) is 0 Å². The molecule has 3 heteroatoms. The van der Waals surface area contributed by atoms with E-state index in [0.29, 0.717) is 0 Å². The molecule has 0 saturated heterocycles. The van der Waals surface area contributed by atoms with Gasteiger partial charge in [-0.2, -0.15) is 0 Å². The van der Waals surface area contributed by atoms with Gasteiger partial charge in [-0.05, 0) is 59.7 Å². The highest BCUT2D eigenvalue weighted by atomic mass is 28.4. The predicted octanol–water partition coefficient (Wildman–Crippen LogP) is 5.46. The number of unbranched alkanes of at least 4 members (excludes halogenated alkanes) is 1. The molecule has 0 aliphatic rings. The van der Waals surface area contributed by atoms with Crippen molar-refractivity contribution in [2.24, 2.45) is 0 Å². The maximum atomic E-state index is 6.16. The average Bonchev–Trinajstić information content (AvgIpc) is 2.13. The van der Waals surface area contributed by atoms with Gasteiger partial charge in [0.15, 0.2) is 0 Å². The van der Waals surface area contributed by atoms with Gasteiger partial charge in [-0.25, -0.2) is 0 Å². The zero-order valence-corrected chi connectivity index (χ0v) is 14.6. The Bertz CT molecular complexity index is 251. The average molecular weight is 273 g/mol. The van der Waals surface area contributed by atoms with Gasteiger partial charge in [0.05, 0.1) is 0 Å². The topological polar surface area (TPSA) is 18.5 Å². The lowest BCUT2D eigenvalue weighted by Crippen LogP contribution is -2.30. The van der Waals surface area contributed by atoms with E-state index < -0.39 is 8.32 Å². The fraction of sp³-hybridized carbons (Fsp3) is 0.867. The van der Waals surface area contributed by atoms with Crippen molar-refractivity contribution in [1.29, 1.82) is 0 Å². The molecule has 2 nitrogen and oxygen atoms in total. The maximum absolute atomic E-state index is 6.16. The lowest BCUT2D eigenvalue weighted by Gasteiger charge is -2.30. The molecular weight excluding hydrogens is 240 g/mol. The molecule has 18 heavy (non-hydrogen) atoms. The third kappa shape index (κ3) is 8.62. The molecule has 0 saturated carbocycles. The Labute approximate surface area is 115 Å². The Morgan fingerprint density at radius 2 is 1.61 bits per heavy atom. The number of allylic oxidation sites excluding steroid dienone is 1. The van der Waals surface area contributed by atoms with Gasteiger partial charge in [0, 0.05) is 5.57 Å². The van der Waals surface area contributed by atoms with Crippen molar-refractivity contribution in [3.05, 3.63) is 11.5 Å². The van der Waals surface area contributed by atoms with Crippen molar-refractivity contribution in [2.45, 2.75) is 85.5 Å². The maximum Gasteiger partial charge on any atom is 0.264 e. The van der Waals surface area contributed by atoms with Gasteiger partial charge in [0.1, 0.15) is 5.60 Å². The van der Waals surface area contributed by atoms with E-state index in [1.54, 1.807) is 0 Å². The highest BCUT2D eigenvalue weighted by molar-refractivity contribution is 6.70. The van der Waals surface area contributed by atoms with Crippen LogP contribution < -0.4 is 0 Å². The predicted molar refractivity (Wildman–Crippen MR) is 82.1 cm³/mol. The Morgan fingerprint density at radius 3 is 1.94 bits per heavy atom. The molecule has 0 unspecified atom stereocenters. The van der Waals surface area contributed by atoms with Crippen molar-refractivity contribution in [2.75, 3.05) is 0 Å². The minimum absolute atomic E-state index is 0.193. The summed E-state index contributed by atoms with van der Waals surface area (Å²) in [6.45, 7) is 17.2. The van der Waals surface area contributed by atoms with Crippen LogP contribution in [0, 0.1) is 0 Å². The van der Waals surface area contributed by atoms with Crippen LogP contribution in [0.5, 0.6) is 0 Å². The Morgan fingerprint density at radius 1 is 1.06 bits per heavy atom. The minimum Gasteiger partial charge on any atom is -0.520 e. The first-order valence-corrected chi connectivity index (χ1v) is 10.6. The van der Waals surface area contributed by atoms with Gasteiger partial charge in [-0.1, -0.05) is 20.3 Å². The molecule has 0 bridgehead atoms. The second-order valence-corrected chi connectivity index (χ2v) is 11.2. The standard InChI is InChI=1S/C15H32O2Si/c1-9-11-12-13(10-2)14(16-15(3,4)5)17-18(6,7)8/h9-12H2,1-8H3/b14-13+. The van der Waals surface area contributed by atoms with E-state index >= 15 is 0 Å². The molecule has 0 aromatic carbocycles. The second kappa shape index (κ2) is 7.22. The number of rotatable bonds is 7. The molecule has 0 amide bonds. The summed E-state index contributed by atoms with van der Waals surface area (Å²) in [6.07, 6.45) is 4.51. The van der Waals surface area contributed by atoms with Crippen LogP contribution in [0.1, 0.15) is 60.3 Å². The fourth-order valence-electron chi connectivity index (χ4n) is 1.53. The first-order valence-electron chi connectivity index (χ1n) is 7.19. The molecule has 0 heterocycles. The SMILES string of the molecule is CCCC/C(CC)=C(\OC(C)(C)C)O[Si](C)(C)C. The first kappa shape index (κ1) is 17.6. The third-order valence-electron chi connectivity index (χ3n) is 2.35. The van der Waals surface area contributed by atoms with Crippen LogP contribution in [0.2, 0.25) is 19.6 Å². The van der Waals surface area contributed by atoms with Gasteiger partial charge in [0.2, 0.25) is 8.32 Å². The lowest BCUT2D eigenvalue weighted by atomic mass is 10.1.